The van der Waals surface area contributed by atoms with Gasteiger partial charge in [-0.05, 0) is 56.1 Å². The summed E-state index contributed by atoms with van der Waals surface area (Å²) in [5, 5.41) is 20.1. The Kier molecular flexibility index (Phi) is 4.84. The minimum atomic E-state index is -0.904. The number of phenols is 1. The fourth-order valence-corrected chi connectivity index (χ4v) is 4.01. The van der Waals surface area contributed by atoms with Gasteiger partial charge in [-0.15, -0.1) is 0 Å². The maximum Gasteiger partial charge on any atom is 0.320 e. The van der Waals surface area contributed by atoms with Gasteiger partial charge in [0.25, 0.3) is 0 Å². The van der Waals surface area contributed by atoms with Crippen molar-refractivity contribution in [3.63, 3.8) is 0 Å². The van der Waals surface area contributed by atoms with Crippen LogP contribution in [0.4, 0.5) is 4.39 Å². The molecule has 1 aliphatic heterocycles. The summed E-state index contributed by atoms with van der Waals surface area (Å²) in [5.74, 6) is -1.01. The number of carbonyl (C=O) groups is 1. The Morgan fingerprint density at radius 2 is 1.97 bits per heavy atom. The second kappa shape index (κ2) is 7.33. The topological polar surface area (TPSA) is 91.0 Å². The summed E-state index contributed by atoms with van der Waals surface area (Å²) in [6.07, 6.45) is 1.29. The van der Waals surface area contributed by atoms with Crippen LogP contribution in [0.5, 0.6) is 5.75 Å². The van der Waals surface area contributed by atoms with Crippen molar-refractivity contribution in [1.29, 1.82) is 0 Å². The molecule has 1 unspecified atom stereocenters. The largest absolute Gasteiger partial charge is 0.507 e. The second-order valence-corrected chi connectivity index (χ2v) is 7.28. The molecule has 3 aromatic rings. The molecule has 0 radical (unpaired) electrons. The van der Waals surface area contributed by atoms with Crippen molar-refractivity contribution in [2.24, 2.45) is 0 Å². The standard InChI is InChI=1S/C22H20FNO5/c1-12-19(13-4-6-14(23)7-5-13)20(26)15-8-9-18(25)16(21(15)29-12)11-24-10-2-3-17(24)22(27)28/h4-9,17,25H,2-3,10-11H2,1H3,(H,27,28). The number of hydrogen-bond acceptors (Lipinski definition) is 5. The van der Waals surface area contributed by atoms with E-state index >= 15 is 0 Å². The van der Waals surface area contributed by atoms with Crippen LogP contribution in [0.1, 0.15) is 24.2 Å². The number of carboxylic acid groups (broad SMARTS) is 1. The lowest BCUT2D eigenvalue weighted by Crippen LogP contribution is -2.35. The fraction of sp³-hybridized carbons (Fsp3) is 0.273. The molecule has 2 heterocycles. The maximum absolute atomic E-state index is 13.3. The molecule has 1 fully saturated rings. The first-order valence-electron chi connectivity index (χ1n) is 9.38. The van der Waals surface area contributed by atoms with E-state index in [2.05, 4.69) is 0 Å². The third-order valence-corrected chi connectivity index (χ3v) is 5.46. The van der Waals surface area contributed by atoms with Crippen molar-refractivity contribution in [3.05, 3.63) is 63.8 Å². The predicted molar refractivity (Wildman–Crippen MR) is 105 cm³/mol. The maximum atomic E-state index is 13.3. The highest BCUT2D eigenvalue weighted by Gasteiger charge is 2.31. The number of benzene rings is 2. The lowest BCUT2D eigenvalue weighted by Gasteiger charge is -2.22. The van der Waals surface area contributed by atoms with E-state index in [1.165, 1.54) is 36.4 Å². The Bertz CT molecular complexity index is 1150. The van der Waals surface area contributed by atoms with Crippen LogP contribution in [0.2, 0.25) is 0 Å². The zero-order chi connectivity index (χ0) is 20.7. The minimum Gasteiger partial charge on any atom is -0.507 e. The highest BCUT2D eigenvalue weighted by atomic mass is 19.1. The molecular weight excluding hydrogens is 377 g/mol. The van der Waals surface area contributed by atoms with Gasteiger partial charge in [-0.1, -0.05) is 12.1 Å². The number of hydrogen-bond donors (Lipinski definition) is 2. The van der Waals surface area contributed by atoms with Gasteiger partial charge >= 0.3 is 5.97 Å². The lowest BCUT2D eigenvalue weighted by molar-refractivity contribution is -0.142. The smallest absolute Gasteiger partial charge is 0.320 e. The number of phenolic OH excluding ortho intramolecular Hbond substituents is 1. The van der Waals surface area contributed by atoms with Gasteiger partial charge in [0.15, 0.2) is 0 Å². The number of fused-ring (bicyclic) bond motifs is 1. The zero-order valence-electron chi connectivity index (χ0n) is 15.8. The molecule has 0 amide bonds. The summed E-state index contributed by atoms with van der Waals surface area (Å²) < 4.78 is 19.2. The van der Waals surface area contributed by atoms with E-state index in [0.29, 0.717) is 35.4 Å². The van der Waals surface area contributed by atoms with Crippen LogP contribution in [0.25, 0.3) is 22.1 Å². The normalized spacial score (nSPS) is 17.1. The van der Waals surface area contributed by atoms with Crippen molar-refractivity contribution >= 4 is 16.9 Å². The summed E-state index contributed by atoms with van der Waals surface area (Å²) in [7, 11) is 0. The molecule has 7 heteroatoms. The molecule has 0 aliphatic carbocycles. The quantitative estimate of drug-likeness (QED) is 0.698. The second-order valence-electron chi connectivity index (χ2n) is 7.28. The molecule has 29 heavy (non-hydrogen) atoms. The Labute approximate surface area is 165 Å². The van der Waals surface area contributed by atoms with E-state index in [1.807, 2.05) is 0 Å². The average Bonchev–Trinajstić information content (AvgIpc) is 3.14. The number of nitrogens with zero attached hydrogens (tertiary/aromatic N) is 1. The van der Waals surface area contributed by atoms with E-state index in [4.69, 9.17) is 4.42 Å². The molecule has 1 atom stereocenters. The molecule has 1 saturated heterocycles. The average molecular weight is 397 g/mol. The number of aryl methyl sites for hydroxylation is 1. The number of rotatable bonds is 4. The molecule has 2 aromatic carbocycles. The van der Waals surface area contributed by atoms with Gasteiger partial charge < -0.3 is 14.6 Å². The summed E-state index contributed by atoms with van der Waals surface area (Å²) in [6, 6.07) is 7.87. The zero-order valence-corrected chi connectivity index (χ0v) is 15.8. The summed E-state index contributed by atoms with van der Waals surface area (Å²) in [5.41, 5.74) is 1.22. The van der Waals surface area contributed by atoms with Crippen LogP contribution in [0.3, 0.4) is 0 Å². The Balaban J connectivity index is 1.85. The van der Waals surface area contributed by atoms with E-state index in [0.717, 1.165) is 6.42 Å². The van der Waals surface area contributed by atoms with Crippen LogP contribution in [-0.4, -0.2) is 33.7 Å². The van der Waals surface area contributed by atoms with E-state index in [1.54, 1.807) is 11.8 Å². The number of likely N-dealkylation sites (tertiary alicyclic amines) is 1. The van der Waals surface area contributed by atoms with Crippen molar-refractivity contribution in [1.82, 2.24) is 4.90 Å². The third kappa shape index (κ3) is 3.38. The SMILES string of the molecule is Cc1oc2c(CN3CCCC3C(=O)O)c(O)ccc2c(=O)c1-c1ccc(F)cc1. The first-order chi connectivity index (χ1) is 13.9. The lowest BCUT2D eigenvalue weighted by atomic mass is 10.0. The molecule has 2 N–H and O–H groups in total. The van der Waals surface area contributed by atoms with E-state index in [9.17, 15) is 24.2 Å². The van der Waals surface area contributed by atoms with Gasteiger partial charge in [-0.3, -0.25) is 14.5 Å². The Morgan fingerprint density at radius 3 is 2.66 bits per heavy atom. The van der Waals surface area contributed by atoms with Crippen LogP contribution in [0.15, 0.2) is 45.6 Å². The number of carboxylic acids is 1. The third-order valence-electron chi connectivity index (χ3n) is 5.46. The van der Waals surface area contributed by atoms with Crippen molar-refractivity contribution < 1.29 is 23.8 Å². The molecule has 0 saturated carbocycles. The van der Waals surface area contributed by atoms with Gasteiger partial charge in [0.05, 0.1) is 16.5 Å². The molecular formula is C22H20FNO5. The number of halogens is 1. The fourth-order valence-electron chi connectivity index (χ4n) is 4.01. The molecule has 1 aromatic heterocycles. The van der Waals surface area contributed by atoms with Gasteiger partial charge in [0, 0.05) is 6.54 Å². The highest BCUT2D eigenvalue weighted by Crippen LogP contribution is 2.32. The first kappa shape index (κ1) is 19.1. The van der Waals surface area contributed by atoms with Crippen LogP contribution in [-0.2, 0) is 11.3 Å². The van der Waals surface area contributed by atoms with Crippen molar-refractivity contribution in [2.75, 3.05) is 6.54 Å². The van der Waals surface area contributed by atoms with Crippen LogP contribution < -0.4 is 5.43 Å². The van der Waals surface area contributed by atoms with Crippen molar-refractivity contribution in [2.45, 2.75) is 32.4 Å². The van der Waals surface area contributed by atoms with Gasteiger partial charge in [-0.25, -0.2) is 4.39 Å². The molecule has 6 nitrogen and oxygen atoms in total. The minimum absolute atomic E-state index is 0.0504. The van der Waals surface area contributed by atoms with Gasteiger partial charge in [-0.2, -0.15) is 0 Å². The Hall–Kier alpha value is -3.19. The molecule has 1 aliphatic rings. The molecule has 0 bridgehead atoms. The number of aromatic hydroxyl groups is 1. The van der Waals surface area contributed by atoms with E-state index < -0.39 is 17.8 Å². The monoisotopic (exact) mass is 397 g/mol. The van der Waals surface area contributed by atoms with E-state index in [-0.39, 0.29) is 28.7 Å². The number of aliphatic carboxylic acids is 1. The highest BCUT2D eigenvalue weighted by molar-refractivity contribution is 5.86. The predicted octanol–water partition coefficient (Wildman–Crippen LogP) is 3.66. The summed E-state index contributed by atoms with van der Waals surface area (Å²) in [4.78, 5) is 26.4. The molecule has 150 valence electrons. The first-order valence-corrected chi connectivity index (χ1v) is 9.38. The summed E-state index contributed by atoms with van der Waals surface area (Å²) in [6.45, 7) is 2.39. The molecule has 0 spiro atoms. The van der Waals surface area contributed by atoms with Crippen molar-refractivity contribution in [3.8, 4) is 16.9 Å². The Morgan fingerprint density at radius 1 is 1.24 bits per heavy atom. The van der Waals surface area contributed by atoms with Crippen LogP contribution >= 0.6 is 0 Å². The summed E-state index contributed by atoms with van der Waals surface area (Å²) >= 11 is 0. The van der Waals surface area contributed by atoms with Gasteiger partial charge in [0.2, 0.25) is 5.43 Å². The molecule has 4 rings (SSSR count). The van der Waals surface area contributed by atoms with Crippen LogP contribution in [0, 0.1) is 12.7 Å². The van der Waals surface area contributed by atoms with Gasteiger partial charge in [0.1, 0.15) is 29.0 Å².